The maximum Gasteiger partial charge on any atom is 0.289 e. The summed E-state index contributed by atoms with van der Waals surface area (Å²) in [5.74, 6) is -0.145. The van der Waals surface area contributed by atoms with Gasteiger partial charge in [-0.3, -0.25) is 14.4 Å². The van der Waals surface area contributed by atoms with Crippen molar-refractivity contribution in [3.63, 3.8) is 0 Å². The summed E-state index contributed by atoms with van der Waals surface area (Å²) >= 11 is 0. The lowest BCUT2D eigenvalue weighted by molar-refractivity contribution is -0.140. The number of nitrogens with zero attached hydrogens (tertiary/aromatic N) is 3. The molecular weight excluding hydrogens is 314 g/mol. The van der Waals surface area contributed by atoms with Gasteiger partial charge in [-0.05, 0) is 12.1 Å². The van der Waals surface area contributed by atoms with E-state index in [9.17, 15) is 14.4 Å². The molecule has 24 heavy (non-hydrogen) atoms. The van der Waals surface area contributed by atoms with Crippen molar-refractivity contribution < 1.29 is 23.5 Å². The highest BCUT2D eigenvalue weighted by Gasteiger charge is 2.27. The summed E-state index contributed by atoms with van der Waals surface area (Å²) in [6.07, 6.45) is 1.46. The maximum atomic E-state index is 12.4. The van der Waals surface area contributed by atoms with Crippen LogP contribution in [0.5, 0.6) is 0 Å². The molecule has 0 bridgehead atoms. The zero-order valence-corrected chi connectivity index (χ0v) is 14.1. The van der Waals surface area contributed by atoms with Gasteiger partial charge in [-0.1, -0.05) is 0 Å². The second-order valence-electron chi connectivity index (χ2n) is 5.58. The normalized spacial score (nSPS) is 14.6. The Morgan fingerprint density at radius 3 is 2.42 bits per heavy atom. The van der Waals surface area contributed by atoms with E-state index in [0.29, 0.717) is 45.1 Å². The number of hydrogen-bond donors (Lipinski definition) is 0. The van der Waals surface area contributed by atoms with Crippen LogP contribution in [-0.2, 0) is 14.3 Å². The van der Waals surface area contributed by atoms with E-state index in [-0.39, 0.29) is 24.3 Å². The number of piperazine rings is 1. The monoisotopic (exact) mass is 337 g/mol. The Labute approximate surface area is 140 Å². The predicted octanol–water partition coefficient (Wildman–Crippen LogP) is 0.0589. The van der Waals surface area contributed by atoms with Gasteiger partial charge in [0.2, 0.25) is 11.8 Å². The van der Waals surface area contributed by atoms with Crippen LogP contribution in [0.1, 0.15) is 17.5 Å². The van der Waals surface area contributed by atoms with Crippen LogP contribution in [0.4, 0.5) is 0 Å². The number of amides is 3. The first kappa shape index (κ1) is 18.0. The van der Waals surface area contributed by atoms with Gasteiger partial charge in [0.25, 0.3) is 5.91 Å². The lowest BCUT2D eigenvalue weighted by Crippen LogP contribution is -2.53. The van der Waals surface area contributed by atoms with Gasteiger partial charge in [0.1, 0.15) is 0 Å². The fraction of sp³-hybridized carbons (Fsp3) is 0.562. The van der Waals surface area contributed by atoms with Gasteiger partial charge in [0.15, 0.2) is 5.76 Å². The Bertz CT molecular complexity index is 564. The van der Waals surface area contributed by atoms with Gasteiger partial charge in [0, 0.05) is 46.8 Å². The van der Waals surface area contributed by atoms with E-state index in [1.54, 1.807) is 29.0 Å². The van der Waals surface area contributed by atoms with Gasteiger partial charge in [-0.15, -0.1) is 0 Å². The number of ether oxygens (including phenoxy) is 1. The molecule has 132 valence electrons. The Balaban J connectivity index is 1.83. The molecular formula is C16H23N3O5. The van der Waals surface area contributed by atoms with Crippen LogP contribution >= 0.6 is 0 Å². The van der Waals surface area contributed by atoms with Crippen LogP contribution in [0, 0.1) is 0 Å². The summed E-state index contributed by atoms with van der Waals surface area (Å²) in [5.41, 5.74) is 0. The Kier molecular flexibility index (Phi) is 6.36. The molecule has 0 spiro atoms. The minimum Gasteiger partial charge on any atom is -0.459 e. The van der Waals surface area contributed by atoms with Gasteiger partial charge in [-0.25, -0.2) is 0 Å². The number of methoxy groups -OCH3 is 1. The molecule has 0 aromatic carbocycles. The highest BCUT2D eigenvalue weighted by atomic mass is 16.5. The lowest BCUT2D eigenvalue weighted by Gasteiger charge is -2.35. The van der Waals surface area contributed by atoms with Gasteiger partial charge >= 0.3 is 0 Å². The molecule has 1 fully saturated rings. The zero-order chi connectivity index (χ0) is 17.5. The second-order valence-corrected chi connectivity index (χ2v) is 5.58. The number of hydrogen-bond acceptors (Lipinski definition) is 5. The van der Waals surface area contributed by atoms with E-state index < -0.39 is 0 Å². The van der Waals surface area contributed by atoms with Crippen molar-refractivity contribution in [2.45, 2.75) is 6.92 Å². The highest BCUT2D eigenvalue weighted by molar-refractivity contribution is 5.91. The first-order valence-electron chi connectivity index (χ1n) is 7.88. The van der Waals surface area contributed by atoms with Crippen molar-refractivity contribution in [3.8, 4) is 0 Å². The third-order valence-electron chi connectivity index (χ3n) is 3.99. The average Bonchev–Trinajstić information content (AvgIpc) is 3.12. The third kappa shape index (κ3) is 4.58. The highest BCUT2D eigenvalue weighted by Crippen LogP contribution is 2.10. The molecule has 8 heteroatoms. The lowest BCUT2D eigenvalue weighted by atomic mass is 10.2. The predicted molar refractivity (Wildman–Crippen MR) is 85.3 cm³/mol. The number of carbonyl (C=O) groups excluding carboxylic acids is 3. The Morgan fingerprint density at radius 2 is 1.88 bits per heavy atom. The van der Waals surface area contributed by atoms with Gasteiger partial charge < -0.3 is 23.9 Å². The molecule has 8 nitrogen and oxygen atoms in total. The standard InChI is InChI=1S/C16H23N3O5/c1-13(20)19(9-11-23-2)12-15(21)17-5-7-18(8-6-17)16(22)14-4-3-10-24-14/h3-4,10H,5-9,11-12H2,1-2H3. The zero-order valence-electron chi connectivity index (χ0n) is 14.1. The first-order chi connectivity index (χ1) is 11.5. The van der Waals surface area contributed by atoms with Gasteiger partial charge in [0.05, 0.1) is 19.4 Å². The third-order valence-corrected chi connectivity index (χ3v) is 3.99. The summed E-state index contributed by atoms with van der Waals surface area (Å²) < 4.78 is 10.1. The minimum absolute atomic E-state index is 0.0326. The largest absolute Gasteiger partial charge is 0.459 e. The van der Waals surface area contributed by atoms with Crippen molar-refractivity contribution in [2.24, 2.45) is 0 Å². The molecule has 0 N–H and O–H groups in total. The Hall–Kier alpha value is -2.35. The summed E-state index contributed by atoms with van der Waals surface area (Å²) in [6, 6.07) is 3.30. The van der Waals surface area contributed by atoms with E-state index in [2.05, 4.69) is 0 Å². The number of furan rings is 1. The van der Waals surface area contributed by atoms with Crippen LogP contribution < -0.4 is 0 Å². The van der Waals surface area contributed by atoms with E-state index >= 15 is 0 Å². The van der Waals surface area contributed by atoms with Crippen LogP contribution in [0.2, 0.25) is 0 Å². The van der Waals surface area contributed by atoms with E-state index in [4.69, 9.17) is 9.15 Å². The van der Waals surface area contributed by atoms with E-state index in [1.807, 2.05) is 0 Å². The molecule has 1 aliphatic rings. The SMILES string of the molecule is COCCN(CC(=O)N1CCN(C(=O)c2ccco2)CC1)C(C)=O. The molecule has 3 amide bonds. The van der Waals surface area contributed by atoms with Crippen LogP contribution in [0.25, 0.3) is 0 Å². The second kappa shape index (κ2) is 8.49. The van der Waals surface area contributed by atoms with Crippen LogP contribution in [0.15, 0.2) is 22.8 Å². The van der Waals surface area contributed by atoms with E-state index in [0.717, 1.165) is 0 Å². The molecule has 1 saturated heterocycles. The molecule has 0 unspecified atom stereocenters. The average molecular weight is 337 g/mol. The van der Waals surface area contributed by atoms with Crippen molar-refractivity contribution in [2.75, 3.05) is 53.0 Å². The van der Waals surface area contributed by atoms with Crippen LogP contribution in [0.3, 0.4) is 0 Å². The summed E-state index contributed by atoms with van der Waals surface area (Å²) in [4.78, 5) is 40.9. The molecule has 0 radical (unpaired) electrons. The molecule has 0 aliphatic carbocycles. The van der Waals surface area contributed by atoms with Crippen molar-refractivity contribution in [1.82, 2.24) is 14.7 Å². The molecule has 1 aromatic heterocycles. The summed E-state index contributed by atoms with van der Waals surface area (Å²) in [6.45, 7) is 4.02. The number of carbonyl (C=O) groups is 3. The van der Waals surface area contributed by atoms with Gasteiger partial charge in [-0.2, -0.15) is 0 Å². The maximum absolute atomic E-state index is 12.4. The fourth-order valence-corrected chi connectivity index (χ4v) is 2.53. The molecule has 0 saturated carbocycles. The number of rotatable bonds is 6. The van der Waals surface area contributed by atoms with Crippen molar-refractivity contribution >= 4 is 17.7 Å². The van der Waals surface area contributed by atoms with Crippen molar-refractivity contribution in [3.05, 3.63) is 24.2 Å². The molecule has 1 aromatic rings. The summed E-state index contributed by atoms with van der Waals surface area (Å²) in [5, 5.41) is 0. The van der Waals surface area contributed by atoms with Crippen LogP contribution in [-0.4, -0.2) is 85.4 Å². The minimum atomic E-state index is -0.169. The summed E-state index contributed by atoms with van der Waals surface area (Å²) in [7, 11) is 1.55. The quantitative estimate of drug-likeness (QED) is 0.733. The molecule has 2 heterocycles. The molecule has 1 aliphatic heterocycles. The topological polar surface area (TPSA) is 83.3 Å². The smallest absolute Gasteiger partial charge is 0.289 e. The molecule has 2 rings (SSSR count). The molecule has 0 atom stereocenters. The van der Waals surface area contributed by atoms with E-state index in [1.165, 1.54) is 18.1 Å². The Morgan fingerprint density at radius 1 is 1.21 bits per heavy atom. The fourth-order valence-electron chi connectivity index (χ4n) is 2.53. The van der Waals surface area contributed by atoms with Crippen molar-refractivity contribution in [1.29, 1.82) is 0 Å². The first-order valence-corrected chi connectivity index (χ1v) is 7.88.